The number of benzene rings is 1. The molecular formula is C11H16N2O2Si. The van der Waals surface area contributed by atoms with Gasteiger partial charge in [0.1, 0.15) is 0 Å². The fraction of sp³-hybridized carbons (Fsp3) is 0.364. The highest BCUT2D eigenvalue weighted by Gasteiger charge is 2.24. The molecule has 0 saturated heterocycles. The van der Waals surface area contributed by atoms with Gasteiger partial charge in [0.15, 0.2) is 0 Å². The minimum absolute atomic E-state index is 0.321. The molecule has 0 fully saturated rings. The SMILES string of the molecule is C[Si](C)(C)CN(N=O)C(=O)c1ccccc1. The lowest BCUT2D eigenvalue weighted by atomic mass is 10.2. The van der Waals surface area contributed by atoms with E-state index in [0.717, 1.165) is 5.01 Å². The number of nitroso groups, excluding NO2 is 1. The molecular weight excluding hydrogens is 220 g/mol. The van der Waals surface area contributed by atoms with E-state index in [2.05, 4.69) is 24.9 Å². The Morgan fingerprint density at radius 3 is 2.25 bits per heavy atom. The van der Waals surface area contributed by atoms with E-state index in [1.54, 1.807) is 24.3 Å². The van der Waals surface area contributed by atoms with Crippen molar-refractivity contribution in [1.29, 1.82) is 0 Å². The van der Waals surface area contributed by atoms with Gasteiger partial charge in [-0.1, -0.05) is 37.8 Å². The van der Waals surface area contributed by atoms with E-state index in [-0.39, 0.29) is 5.91 Å². The average molecular weight is 236 g/mol. The molecule has 16 heavy (non-hydrogen) atoms. The highest BCUT2D eigenvalue weighted by atomic mass is 28.3. The number of carbonyl (C=O) groups excluding carboxylic acids is 1. The normalized spacial score (nSPS) is 10.9. The van der Waals surface area contributed by atoms with E-state index >= 15 is 0 Å². The molecule has 0 heterocycles. The first-order valence-corrected chi connectivity index (χ1v) is 8.85. The first-order valence-electron chi connectivity index (χ1n) is 5.14. The second-order valence-corrected chi connectivity index (χ2v) is 10.3. The average Bonchev–Trinajstić information content (AvgIpc) is 2.25. The van der Waals surface area contributed by atoms with Crippen molar-refractivity contribution in [3.63, 3.8) is 0 Å². The maximum absolute atomic E-state index is 11.9. The monoisotopic (exact) mass is 236 g/mol. The van der Waals surface area contributed by atoms with Crippen LogP contribution in [0.25, 0.3) is 0 Å². The molecule has 1 amide bonds. The van der Waals surface area contributed by atoms with Crippen LogP contribution in [0, 0.1) is 4.91 Å². The molecule has 0 unspecified atom stereocenters. The Morgan fingerprint density at radius 1 is 1.25 bits per heavy atom. The van der Waals surface area contributed by atoms with Crippen LogP contribution in [0.1, 0.15) is 10.4 Å². The standard InChI is InChI=1S/C11H16N2O2Si/c1-16(2,3)9-13(12-15)11(14)10-7-5-4-6-8-10/h4-8H,9H2,1-3H3. The van der Waals surface area contributed by atoms with Gasteiger partial charge in [-0.15, -0.1) is 4.91 Å². The van der Waals surface area contributed by atoms with Crippen molar-refractivity contribution >= 4 is 14.0 Å². The molecule has 1 aromatic rings. The lowest BCUT2D eigenvalue weighted by molar-refractivity contribution is 0.0782. The second-order valence-electron chi connectivity index (χ2n) is 4.87. The zero-order valence-electron chi connectivity index (χ0n) is 9.80. The summed E-state index contributed by atoms with van der Waals surface area (Å²) in [5.41, 5.74) is 0.500. The molecule has 0 aromatic heterocycles. The van der Waals surface area contributed by atoms with Crippen molar-refractivity contribution in [2.24, 2.45) is 5.29 Å². The molecule has 4 nitrogen and oxygen atoms in total. The van der Waals surface area contributed by atoms with Gasteiger partial charge in [-0.2, -0.15) is 5.01 Å². The van der Waals surface area contributed by atoms with Crippen molar-refractivity contribution < 1.29 is 4.79 Å². The van der Waals surface area contributed by atoms with Crippen molar-refractivity contribution in [3.8, 4) is 0 Å². The maximum atomic E-state index is 11.9. The van der Waals surface area contributed by atoms with E-state index in [9.17, 15) is 9.70 Å². The highest BCUT2D eigenvalue weighted by Crippen LogP contribution is 2.09. The molecule has 0 bridgehead atoms. The van der Waals surface area contributed by atoms with Crippen molar-refractivity contribution in [3.05, 3.63) is 40.8 Å². The quantitative estimate of drug-likeness (QED) is 0.458. The lowest BCUT2D eigenvalue weighted by Gasteiger charge is -2.21. The van der Waals surface area contributed by atoms with Gasteiger partial charge in [0.25, 0.3) is 5.91 Å². The van der Waals surface area contributed by atoms with Crippen molar-refractivity contribution in [1.82, 2.24) is 5.01 Å². The molecule has 86 valence electrons. The van der Waals surface area contributed by atoms with Crippen LogP contribution in [-0.4, -0.2) is 25.2 Å². The van der Waals surface area contributed by atoms with Crippen LogP contribution in [0.3, 0.4) is 0 Å². The smallest absolute Gasteiger partial charge is 0.267 e. The Morgan fingerprint density at radius 2 is 1.81 bits per heavy atom. The number of hydrogen-bond acceptors (Lipinski definition) is 3. The Bertz CT molecular complexity index is 373. The first kappa shape index (κ1) is 12.6. The van der Waals surface area contributed by atoms with Crippen molar-refractivity contribution in [2.75, 3.05) is 6.17 Å². The van der Waals surface area contributed by atoms with E-state index < -0.39 is 8.07 Å². The number of nitrogens with zero attached hydrogens (tertiary/aromatic N) is 2. The van der Waals surface area contributed by atoms with Crippen molar-refractivity contribution in [2.45, 2.75) is 19.6 Å². The number of hydrogen-bond donors (Lipinski definition) is 0. The van der Waals surface area contributed by atoms with Crippen LogP contribution in [0.4, 0.5) is 0 Å². The Labute approximate surface area is 96.2 Å². The van der Waals surface area contributed by atoms with Crippen LogP contribution < -0.4 is 0 Å². The molecule has 0 aliphatic rings. The van der Waals surface area contributed by atoms with E-state index in [1.165, 1.54) is 0 Å². The Kier molecular flexibility index (Phi) is 3.95. The van der Waals surface area contributed by atoms with Crippen LogP contribution in [-0.2, 0) is 0 Å². The summed E-state index contributed by atoms with van der Waals surface area (Å²) in [6, 6.07) is 8.74. The minimum Gasteiger partial charge on any atom is -0.267 e. The predicted octanol–water partition coefficient (Wildman–Crippen LogP) is 2.69. The van der Waals surface area contributed by atoms with Gasteiger partial charge in [-0.25, -0.2) is 0 Å². The predicted molar refractivity (Wildman–Crippen MR) is 66.6 cm³/mol. The third-order valence-corrected chi connectivity index (χ3v) is 3.23. The summed E-state index contributed by atoms with van der Waals surface area (Å²) in [6.07, 6.45) is 0.449. The summed E-state index contributed by atoms with van der Waals surface area (Å²) in [7, 11) is -1.53. The molecule has 1 rings (SSSR count). The zero-order valence-corrected chi connectivity index (χ0v) is 10.8. The topological polar surface area (TPSA) is 49.7 Å². The van der Waals surface area contributed by atoms with Crippen LogP contribution >= 0.6 is 0 Å². The van der Waals surface area contributed by atoms with Crippen LogP contribution in [0.2, 0.25) is 19.6 Å². The Balaban J connectivity index is 2.83. The zero-order chi connectivity index (χ0) is 12.2. The summed E-state index contributed by atoms with van der Waals surface area (Å²) in [5.74, 6) is -0.321. The maximum Gasteiger partial charge on any atom is 0.276 e. The number of amides is 1. The summed E-state index contributed by atoms with van der Waals surface area (Å²) >= 11 is 0. The van der Waals surface area contributed by atoms with Gasteiger partial charge < -0.3 is 0 Å². The highest BCUT2D eigenvalue weighted by molar-refractivity contribution is 6.76. The van der Waals surface area contributed by atoms with Gasteiger partial charge in [0.05, 0.1) is 13.4 Å². The summed E-state index contributed by atoms with van der Waals surface area (Å²) in [4.78, 5) is 22.6. The van der Waals surface area contributed by atoms with Gasteiger partial charge in [0, 0.05) is 11.7 Å². The van der Waals surface area contributed by atoms with Gasteiger partial charge in [-0.3, -0.25) is 4.79 Å². The number of carbonyl (C=O) groups is 1. The Hall–Kier alpha value is -1.49. The number of rotatable bonds is 4. The van der Waals surface area contributed by atoms with Gasteiger partial charge in [0.2, 0.25) is 0 Å². The second kappa shape index (κ2) is 5.02. The molecule has 0 radical (unpaired) electrons. The lowest BCUT2D eigenvalue weighted by Crippen LogP contribution is -2.40. The molecule has 0 saturated carbocycles. The summed E-state index contributed by atoms with van der Waals surface area (Å²) in [5, 5.41) is 3.85. The summed E-state index contributed by atoms with van der Waals surface area (Å²) in [6.45, 7) is 6.26. The molecule has 0 N–H and O–H groups in total. The molecule has 5 heteroatoms. The molecule has 0 atom stereocenters. The summed E-state index contributed by atoms with van der Waals surface area (Å²) < 4.78 is 0. The molecule has 0 spiro atoms. The third kappa shape index (κ3) is 3.58. The van der Waals surface area contributed by atoms with Crippen LogP contribution in [0.15, 0.2) is 35.6 Å². The largest absolute Gasteiger partial charge is 0.276 e. The fourth-order valence-corrected chi connectivity index (χ4v) is 2.42. The minimum atomic E-state index is -1.53. The molecule has 1 aromatic carbocycles. The molecule has 0 aliphatic heterocycles. The van der Waals surface area contributed by atoms with E-state index in [4.69, 9.17) is 0 Å². The third-order valence-electron chi connectivity index (χ3n) is 1.98. The van der Waals surface area contributed by atoms with Crippen LogP contribution in [0.5, 0.6) is 0 Å². The van der Waals surface area contributed by atoms with E-state index in [1.807, 2.05) is 6.07 Å². The van der Waals surface area contributed by atoms with Gasteiger partial charge >= 0.3 is 0 Å². The van der Waals surface area contributed by atoms with Gasteiger partial charge in [-0.05, 0) is 12.1 Å². The first-order chi connectivity index (χ1) is 7.44. The van der Waals surface area contributed by atoms with E-state index in [0.29, 0.717) is 11.7 Å². The molecule has 0 aliphatic carbocycles. The fourth-order valence-electron chi connectivity index (χ4n) is 1.32.